The molecule has 1 unspecified atom stereocenters. The fraction of sp³-hybridized carbons (Fsp3) is 0.941. The number of amides is 1. The highest BCUT2D eigenvalue weighted by molar-refractivity contribution is 5.76. The van der Waals surface area contributed by atoms with Crippen molar-refractivity contribution in [2.24, 2.45) is 17.3 Å². The number of piperidine rings is 1. The molecule has 5 nitrogen and oxygen atoms in total. The summed E-state index contributed by atoms with van der Waals surface area (Å²) in [4.78, 5) is 14.6. The van der Waals surface area contributed by atoms with E-state index >= 15 is 0 Å². The van der Waals surface area contributed by atoms with E-state index in [0.29, 0.717) is 31.4 Å². The minimum absolute atomic E-state index is 0.0783. The van der Waals surface area contributed by atoms with Crippen LogP contribution in [-0.4, -0.2) is 61.9 Å². The Labute approximate surface area is 134 Å². The largest absolute Gasteiger partial charge is 0.391 e. The van der Waals surface area contributed by atoms with Crippen LogP contribution in [0.4, 0.5) is 0 Å². The van der Waals surface area contributed by atoms with E-state index in [1.807, 2.05) is 13.8 Å². The van der Waals surface area contributed by atoms with Gasteiger partial charge in [-0.1, -0.05) is 13.8 Å². The maximum Gasteiger partial charge on any atom is 0.220 e. The fourth-order valence-corrected chi connectivity index (χ4v) is 3.53. The van der Waals surface area contributed by atoms with Gasteiger partial charge in [0.2, 0.25) is 5.91 Å². The molecule has 2 aliphatic heterocycles. The molecule has 2 saturated heterocycles. The van der Waals surface area contributed by atoms with Crippen molar-refractivity contribution in [2.75, 3.05) is 39.9 Å². The highest BCUT2D eigenvalue weighted by Gasteiger charge is 2.32. The quantitative estimate of drug-likeness (QED) is 0.707. The van der Waals surface area contributed by atoms with Crippen molar-refractivity contribution >= 4 is 5.91 Å². The molecule has 2 rings (SSSR count). The van der Waals surface area contributed by atoms with Crippen LogP contribution in [0.2, 0.25) is 0 Å². The molecule has 0 bridgehead atoms. The van der Waals surface area contributed by atoms with Crippen molar-refractivity contribution in [2.45, 2.75) is 45.6 Å². The van der Waals surface area contributed by atoms with Gasteiger partial charge in [0.25, 0.3) is 0 Å². The molecular weight excluding hydrogens is 280 g/mol. The van der Waals surface area contributed by atoms with Crippen LogP contribution in [0.15, 0.2) is 0 Å². The van der Waals surface area contributed by atoms with Gasteiger partial charge in [-0.15, -0.1) is 0 Å². The van der Waals surface area contributed by atoms with Crippen molar-refractivity contribution in [1.29, 1.82) is 0 Å². The van der Waals surface area contributed by atoms with Crippen LogP contribution in [-0.2, 0) is 9.53 Å². The topological polar surface area (TPSA) is 61.8 Å². The summed E-state index contributed by atoms with van der Waals surface area (Å²) in [5.74, 6) is 1.11. The minimum atomic E-state index is -0.578. The Kier molecular flexibility index (Phi) is 6.24. The lowest BCUT2D eigenvalue weighted by Gasteiger charge is -2.36. The Morgan fingerprint density at radius 2 is 2.09 bits per heavy atom. The molecule has 1 amide bonds. The second kappa shape index (κ2) is 7.75. The monoisotopic (exact) mass is 312 g/mol. The zero-order valence-corrected chi connectivity index (χ0v) is 14.3. The second-order valence-electron chi connectivity index (χ2n) is 7.78. The maximum absolute atomic E-state index is 12.2. The molecule has 128 valence electrons. The van der Waals surface area contributed by atoms with Gasteiger partial charge in [-0.05, 0) is 44.7 Å². The molecule has 0 aromatic carbocycles. The van der Waals surface area contributed by atoms with Crippen LogP contribution in [0, 0.1) is 17.3 Å². The Morgan fingerprint density at radius 3 is 2.86 bits per heavy atom. The number of aliphatic hydroxyl groups excluding tert-OH is 1. The molecule has 3 atom stereocenters. The van der Waals surface area contributed by atoms with E-state index in [9.17, 15) is 9.90 Å². The molecule has 2 aliphatic rings. The summed E-state index contributed by atoms with van der Waals surface area (Å²) in [5, 5.41) is 13.2. The summed E-state index contributed by atoms with van der Waals surface area (Å²) in [6.45, 7) is 7.69. The first-order valence-electron chi connectivity index (χ1n) is 8.59. The van der Waals surface area contributed by atoms with Gasteiger partial charge in [0.15, 0.2) is 0 Å². The third kappa shape index (κ3) is 4.93. The molecule has 2 fully saturated rings. The van der Waals surface area contributed by atoms with Crippen LogP contribution >= 0.6 is 0 Å². The molecule has 0 spiro atoms. The highest BCUT2D eigenvalue weighted by Crippen LogP contribution is 2.30. The molecule has 5 heteroatoms. The average molecular weight is 312 g/mol. The number of likely N-dealkylation sites (tertiary alicyclic amines) is 1. The molecule has 0 aromatic rings. The minimum Gasteiger partial charge on any atom is -0.391 e. The van der Waals surface area contributed by atoms with Gasteiger partial charge in [0.1, 0.15) is 0 Å². The lowest BCUT2D eigenvalue weighted by Crippen LogP contribution is -2.44. The zero-order valence-electron chi connectivity index (χ0n) is 14.3. The van der Waals surface area contributed by atoms with E-state index in [2.05, 4.69) is 17.3 Å². The first-order chi connectivity index (χ1) is 10.4. The summed E-state index contributed by atoms with van der Waals surface area (Å²) in [6.07, 6.45) is 3.25. The van der Waals surface area contributed by atoms with Gasteiger partial charge in [0, 0.05) is 31.5 Å². The SMILES string of the molecule is CN1CC[C@H]2CC(=O)NCC(O)C(C)(C)COCCC[C@H]2C1. The van der Waals surface area contributed by atoms with Gasteiger partial charge in [-0.2, -0.15) is 0 Å². The van der Waals surface area contributed by atoms with Crippen molar-refractivity contribution < 1.29 is 14.6 Å². The smallest absolute Gasteiger partial charge is 0.220 e. The number of nitrogens with zero attached hydrogens (tertiary/aromatic N) is 1. The van der Waals surface area contributed by atoms with E-state index in [0.717, 1.165) is 39.0 Å². The number of rotatable bonds is 0. The number of carbonyl (C=O) groups excluding carboxylic acids is 1. The number of carbonyl (C=O) groups is 1. The van der Waals surface area contributed by atoms with Crippen molar-refractivity contribution in [3.8, 4) is 0 Å². The lowest BCUT2D eigenvalue weighted by molar-refractivity contribution is -0.123. The first kappa shape index (κ1) is 17.7. The summed E-state index contributed by atoms with van der Waals surface area (Å²) < 4.78 is 5.78. The van der Waals surface area contributed by atoms with E-state index < -0.39 is 6.10 Å². The predicted octanol–water partition coefficient (Wildman–Crippen LogP) is 1.26. The van der Waals surface area contributed by atoms with Crippen molar-refractivity contribution in [3.05, 3.63) is 0 Å². The first-order valence-corrected chi connectivity index (χ1v) is 8.59. The Hall–Kier alpha value is -0.650. The van der Waals surface area contributed by atoms with Gasteiger partial charge in [-0.3, -0.25) is 4.79 Å². The van der Waals surface area contributed by atoms with E-state index in [1.165, 1.54) is 0 Å². The maximum atomic E-state index is 12.2. The summed E-state index contributed by atoms with van der Waals surface area (Å²) >= 11 is 0. The average Bonchev–Trinajstić information content (AvgIpc) is 2.46. The Balaban J connectivity index is 2.00. The van der Waals surface area contributed by atoms with Gasteiger partial charge in [0.05, 0.1) is 12.7 Å². The fourth-order valence-electron chi connectivity index (χ4n) is 3.53. The highest BCUT2D eigenvalue weighted by atomic mass is 16.5. The lowest BCUT2D eigenvalue weighted by atomic mass is 9.80. The summed E-state index contributed by atoms with van der Waals surface area (Å²) in [5.41, 5.74) is -0.339. The molecule has 2 N–H and O–H groups in total. The van der Waals surface area contributed by atoms with Crippen LogP contribution in [0.25, 0.3) is 0 Å². The van der Waals surface area contributed by atoms with Gasteiger partial charge < -0.3 is 20.1 Å². The van der Waals surface area contributed by atoms with Crippen LogP contribution in [0.1, 0.15) is 39.5 Å². The van der Waals surface area contributed by atoms with Crippen molar-refractivity contribution in [1.82, 2.24) is 10.2 Å². The van der Waals surface area contributed by atoms with E-state index in [1.54, 1.807) is 0 Å². The Bertz CT molecular complexity index is 373. The molecule has 2 heterocycles. The third-order valence-corrected chi connectivity index (χ3v) is 5.27. The number of hydrogen-bond donors (Lipinski definition) is 2. The van der Waals surface area contributed by atoms with E-state index in [-0.39, 0.29) is 11.3 Å². The van der Waals surface area contributed by atoms with Gasteiger partial charge in [-0.25, -0.2) is 0 Å². The molecule has 0 aliphatic carbocycles. The molecule has 0 aromatic heterocycles. The zero-order chi connectivity index (χ0) is 16.2. The van der Waals surface area contributed by atoms with Gasteiger partial charge >= 0.3 is 0 Å². The molecule has 0 saturated carbocycles. The van der Waals surface area contributed by atoms with Crippen molar-refractivity contribution in [3.63, 3.8) is 0 Å². The number of β-amino-alcohol motifs (C(OH)–C–C–N with tert-alkyl or cyclic N) is 1. The third-order valence-electron chi connectivity index (χ3n) is 5.27. The van der Waals surface area contributed by atoms with Crippen LogP contribution < -0.4 is 5.32 Å². The summed E-state index contributed by atoms with van der Waals surface area (Å²) in [7, 11) is 2.16. The number of aliphatic hydroxyl groups is 1. The number of nitrogens with one attached hydrogen (secondary N) is 1. The van der Waals surface area contributed by atoms with Crippen LogP contribution in [0.3, 0.4) is 0 Å². The predicted molar refractivity (Wildman–Crippen MR) is 86.6 cm³/mol. The Morgan fingerprint density at radius 1 is 1.32 bits per heavy atom. The van der Waals surface area contributed by atoms with E-state index in [4.69, 9.17) is 4.74 Å². The molecule has 0 radical (unpaired) electrons. The standard InChI is InChI=1S/C17H32N2O3/c1-17(2)12-22-8-4-5-14-11-19(3)7-6-13(14)9-16(21)18-10-15(17)20/h13-15,20H,4-12H2,1-3H3,(H,18,21)/t13-,14-,15?/m0/s1. The normalized spacial score (nSPS) is 35.5. The molecule has 22 heavy (non-hydrogen) atoms. The second-order valence-corrected chi connectivity index (χ2v) is 7.78. The number of fused-ring (bicyclic) bond motifs is 1. The summed E-state index contributed by atoms with van der Waals surface area (Å²) in [6, 6.07) is 0. The molecular formula is C17H32N2O3. The number of ether oxygens (including phenoxy) is 1. The van der Waals surface area contributed by atoms with Crippen LogP contribution in [0.5, 0.6) is 0 Å². The number of hydrogen-bond acceptors (Lipinski definition) is 4.